The fourth-order valence-corrected chi connectivity index (χ4v) is 5.99. The van der Waals surface area contributed by atoms with E-state index < -0.39 is 0 Å². The van der Waals surface area contributed by atoms with E-state index in [0.717, 1.165) is 32.6 Å². The summed E-state index contributed by atoms with van der Waals surface area (Å²) >= 11 is 7.02. The lowest BCUT2D eigenvalue weighted by Gasteiger charge is -2.08. The normalized spacial score (nSPS) is 11.0. The maximum Gasteiger partial charge on any atom is 0.140 e. The van der Waals surface area contributed by atoms with Crippen molar-refractivity contribution < 1.29 is 9.47 Å². The Labute approximate surface area is 159 Å². The molecule has 0 N–H and O–H groups in total. The lowest BCUT2D eigenvalue weighted by Crippen LogP contribution is -1.94. The molecule has 0 unspecified atom stereocenters. The molecule has 0 saturated heterocycles. The summed E-state index contributed by atoms with van der Waals surface area (Å²) in [5.74, 6) is 1.86. The fraction of sp³-hybridized carbons (Fsp3) is 0.294. The molecule has 0 fully saturated rings. The van der Waals surface area contributed by atoms with Crippen LogP contribution in [0.5, 0.6) is 11.5 Å². The van der Waals surface area contributed by atoms with Gasteiger partial charge >= 0.3 is 0 Å². The van der Waals surface area contributed by atoms with Crippen molar-refractivity contribution in [1.82, 2.24) is 4.57 Å². The molecule has 24 heavy (non-hydrogen) atoms. The highest BCUT2D eigenvalue weighted by molar-refractivity contribution is 8.00. The molecule has 128 valence electrons. The van der Waals surface area contributed by atoms with Crippen molar-refractivity contribution in [1.29, 1.82) is 0 Å². The van der Waals surface area contributed by atoms with Crippen LogP contribution in [0.1, 0.15) is 0 Å². The second kappa shape index (κ2) is 7.47. The smallest absolute Gasteiger partial charge is 0.140 e. The SMILES string of the molecule is COc1cc(SC)sc1-c1ccc(-c2sc(SC)cc2OC)n1C. The van der Waals surface area contributed by atoms with Crippen LogP contribution < -0.4 is 9.47 Å². The third-order valence-electron chi connectivity index (χ3n) is 3.78. The molecule has 3 aromatic heterocycles. The van der Waals surface area contributed by atoms with Crippen LogP contribution >= 0.6 is 46.2 Å². The first-order valence-electron chi connectivity index (χ1n) is 7.23. The Morgan fingerprint density at radius 1 is 0.833 bits per heavy atom. The molecule has 3 rings (SSSR count). The van der Waals surface area contributed by atoms with Gasteiger partial charge in [0.05, 0.1) is 43.8 Å². The molecule has 0 aliphatic heterocycles. The van der Waals surface area contributed by atoms with Gasteiger partial charge in [0.2, 0.25) is 0 Å². The van der Waals surface area contributed by atoms with E-state index in [4.69, 9.17) is 9.47 Å². The van der Waals surface area contributed by atoms with E-state index in [2.05, 4.69) is 48.4 Å². The third kappa shape index (κ3) is 3.10. The summed E-state index contributed by atoms with van der Waals surface area (Å²) < 4.78 is 15.9. The number of ether oxygens (including phenoxy) is 2. The monoisotopic (exact) mass is 397 g/mol. The number of nitrogens with zero attached hydrogens (tertiary/aromatic N) is 1. The highest BCUT2D eigenvalue weighted by Gasteiger charge is 2.19. The van der Waals surface area contributed by atoms with Gasteiger partial charge in [0.15, 0.2) is 0 Å². The Morgan fingerprint density at radius 3 is 1.58 bits per heavy atom. The molecule has 0 aliphatic carbocycles. The van der Waals surface area contributed by atoms with Crippen molar-refractivity contribution in [3.63, 3.8) is 0 Å². The lowest BCUT2D eigenvalue weighted by molar-refractivity contribution is 0.417. The number of rotatable bonds is 6. The Kier molecular flexibility index (Phi) is 5.54. The maximum atomic E-state index is 5.58. The lowest BCUT2D eigenvalue weighted by atomic mass is 10.3. The van der Waals surface area contributed by atoms with Gasteiger partial charge in [-0.3, -0.25) is 0 Å². The van der Waals surface area contributed by atoms with Crippen LogP contribution in [0.3, 0.4) is 0 Å². The van der Waals surface area contributed by atoms with Gasteiger partial charge in [0.25, 0.3) is 0 Å². The average molecular weight is 398 g/mol. The van der Waals surface area contributed by atoms with Crippen LogP contribution in [0, 0.1) is 0 Å². The Bertz CT molecular complexity index is 779. The molecule has 0 spiro atoms. The molecule has 0 atom stereocenters. The number of hydrogen-bond acceptors (Lipinski definition) is 6. The molecule has 0 bridgehead atoms. The molecule has 3 nitrogen and oxygen atoms in total. The number of hydrogen-bond donors (Lipinski definition) is 0. The second-order valence-corrected chi connectivity index (χ2v) is 9.31. The first-order chi connectivity index (χ1) is 11.6. The topological polar surface area (TPSA) is 23.4 Å². The zero-order chi connectivity index (χ0) is 17.3. The van der Waals surface area contributed by atoms with Crippen LogP contribution in [0.25, 0.3) is 21.1 Å². The van der Waals surface area contributed by atoms with E-state index in [1.54, 1.807) is 60.4 Å². The predicted octanol–water partition coefficient (Wildman–Crippen LogP) is 5.94. The third-order valence-corrected chi connectivity index (χ3v) is 8.19. The zero-order valence-electron chi connectivity index (χ0n) is 14.2. The van der Waals surface area contributed by atoms with E-state index in [0.29, 0.717) is 0 Å². The summed E-state index contributed by atoms with van der Waals surface area (Å²) in [6.07, 6.45) is 4.18. The number of methoxy groups -OCH3 is 2. The van der Waals surface area contributed by atoms with E-state index in [-0.39, 0.29) is 0 Å². The minimum Gasteiger partial charge on any atom is -0.495 e. The van der Waals surface area contributed by atoms with Crippen LogP contribution in [0.15, 0.2) is 32.7 Å². The first kappa shape index (κ1) is 17.8. The number of aromatic nitrogens is 1. The van der Waals surface area contributed by atoms with Gasteiger partial charge in [0, 0.05) is 19.2 Å². The van der Waals surface area contributed by atoms with Gasteiger partial charge in [-0.2, -0.15) is 0 Å². The molecular formula is C17H19NO2S4. The molecule has 0 radical (unpaired) electrons. The minimum atomic E-state index is 0.931. The van der Waals surface area contributed by atoms with Gasteiger partial charge in [-0.25, -0.2) is 0 Å². The van der Waals surface area contributed by atoms with Crippen molar-refractivity contribution in [2.75, 3.05) is 26.7 Å². The molecule has 0 aromatic carbocycles. The average Bonchev–Trinajstić information content (AvgIpc) is 3.29. The largest absolute Gasteiger partial charge is 0.495 e. The van der Waals surface area contributed by atoms with Crippen LogP contribution in [-0.2, 0) is 7.05 Å². The van der Waals surface area contributed by atoms with Gasteiger partial charge in [-0.05, 0) is 24.6 Å². The number of thioether (sulfide) groups is 2. The summed E-state index contributed by atoms with van der Waals surface area (Å²) in [5.41, 5.74) is 2.32. The Hall–Kier alpha value is -1.02. The Balaban J connectivity index is 2.09. The van der Waals surface area contributed by atoms with Crippen molar-refractivity contribution in [3.05, 3.63) is 24.3 Å². The molecule has 0 aliphatic rings. The molecule has 0 amide bonds. The minimum absolute atomic E-state index is 0.931. The Morgan fingerprint density at radius 2 is 1.25 bits per heavy atom. The standard InChI is InChI=1S/C17H19NO2S4/c1-18-10(16-12(19-2)8-14(21-4)23-16)6-7-11(18)17-13(20-3)9-15(22-5)24-17/h6-9H,1-5H3. The van der Waals surface area contributed by atoms with Crippen molar-refractivity contribution in [2.24, 2.45) is 7.05 Å². The maximum absolute atomic E-state index is 5.58. The molecule has 0 saturated carbocycles. The van der Waals surface area contributed by atoms with Crippen molar-refractivity contribution >= 4 is 46.2 Å². The quantitative estimate of drug-likeness (QED) is 0.480. The zero-order valence-corrected chi connectivity index (χ0v) is 17.5. The van der Waals surface area contributed by atoms with Gasteiger partial charge < -0.3 is 14.0 Å². The van der Waals surface area contributed by atoms with Crippen LogP contribution in [0.2, 0.25) is 0 Å². The van der Waals surface area contributed by atoms with E-state index >= 15 is 0 Å². The summed E-state index contributed by atoms with van der Waals surface area (Å²) in [7, 11) is 5.56. The van der Waals surface area contributed by atoms with E-state index in [1.807, 2.05) is 0 Å². The molecular weight excluding hydrogens is 378 g/mol. The molecule has 3 heterocycles. The van der Waals surface area contributed by atoms with Crippen LogP contribution in [-0.4, -0.2) is 31.3 Å². The highest BCUT2D eigenvalue weighted by Crippen LogP contribution is 2.46. The summed E-state index contributed by atoms with van der Waals surface area (Å²) in [5, 5.41) is 0. The van der Waals surface area contributed by atoms with Gasteiger partial charge in [-0.15, -0.1) is 46.2 Å². The first-order valence-corrected chi connectivity index (χ1v) is 11.3. The van der Waals surface area contributed by atoms with Crippen molar-refractivity contribution in [2.45, 2.75) is 8.42 Å². The second-order valence-electron chi connectivity index (χ2n) is 5.00. The summed E-state index contributed by atoms with van der Waals surface area (Å²) in [4.78, 5) is 2.33. The summed E-state index contributed by atoms with van der Waals surface area (Å²) in [6, 6.07) is 8.53. The van der Waals surface area contributed by atoms with Gasteiger partial charge in [-0.1, -0.05) is 0 Å². The molecule has 7 heteroatoms. The summed E-state index contributed by atoms with van der Waals surface area (Å²) in [6.45, 7) is 0. The molecule has 3 aromatic rings. The number of thiophene rings is 2. The van der Waals surface area contributed by atoms with E-state index in [9.17, 15) is 0 Å². The van der Waals surface area contributed by atoms with E-state index in [1.165, 1.54) is 8.42 Å². The highest BCUT2D eigenvalue weighted by atomic mass is 32.2. The predicted molar refractivity (Wildman–Crippen MR) is 109 cm³/mol. The fourth-order valence-electron chi connectivity index (χ4n) is 2.53. The van der Waals surface area contributed by atoms with Gasteiger partial charge in [0.1, 0.15) is 11.5 Å². The van der Waals surface area contributed by atoms with Crippen LogP contribution in [0.4, 0.5) is 0 Å². The van der Waals surface area contributed by atoms with Crippen molar-refractivity contribution in [3.8, 4) is 32.6 Å².